The van der Waals surface area contributed by atoms with Gasteiger partial charge in [0.25, 0.3) is 0 Å². The molecule has 0 amide bonds. The van der Waals surface area contributed by atoms with Crippen LogP contribution >= 0.6 is 11.3 Å². The summed E-state index contributed by atoms with van der Waals surface area (Å²) in [4.78, 5) is 13.7. The Balaban J connectivity index is 1.78. The number of fused-ring (bicyclic) bond motifs is 1. The summed E-state index contributed by atoms with van der Waals surface area (Å²) < 4.78 is 53.5. The van der Waals surface area contributed by atoms with Gasteiger partial charge in [-0.3, -0.25) is 0 Å². The zero-order valence-corrected chi connectivity index (χ0v) is 22.2. The smallest absolute Gasteiger partial charge is 0.416 e. The number of hydrogen-bond acceptors (Lipinski definition) is 5. The highest BCUT2D eigenvalue weighted by Gasteiger charge is 2.30. The van der Waals surface area contributed by atoms with Crippen molar-refractivity contribution in [2.24, 2.45) is 0 Å². The summed E-state index contributed by atoms with van der Waals surface area (Å²) in [6.07, 6.45) is -4.02. The van der Waals surface area contributed by atoms with Crippen molar-refractivity contribution >= 4 is 27.4 Å². The predicted octanol–water partition coefficient (Wildman–Crippen LogP) is 7.50. The number of rotatable bonds is 7. The first-order chi connectivity index (χ1) is 17.4. The zero-order valence-electron chi connectivity index (χ0n) is 21.4. The van der Waals surface area contributed by atoms with Crippen LogP contribution in [0, 0.1) is 6.92 Å². The van der Waals surface area contributed by atoms with Gasteiger partial charge in [-0.15, -0.1) is 11.3 Å². The average Bonchev–Trinajstić information content (AvgIpc) is 3.36. The molecule has 0 unspecified atom stereocenters. The molecule has 0 radical (unpaired) electrons. The van der Waals surface area contributed by atoms with Crippen molar-refractivity contribution in [1.29, 1.82) is 0 Å². The van der Waals surface area contributed by atoms with E-state index in [0.29, 0.717) is 28.9 Å². The fourth-order valence-corrected chi connectivity index (χ4v) is 5.27. The van der Waals surface area contributed by atoms with E-state index >= 15 is 0 Å². The Morgan fingerprint density at radius 1 is 1.08 bits per heavy atom. The maximum Gasteiger partial charge on any atom is 0.416 e. The van der Waals surface area contributed by atoms with Gasteiger partial charge in [0.05, 0.1) is 46.2 Å². The van der Waals surface area contributed by atoms with Crippen LogP contribution in [0.2, 0.25) is 0 Å². The topological polar surface area (TPSA) is 53.3 Å². The molecule has 0 spiro atoms. The normalized spacial score (nSPS) is 12.3. The molecule has 0 N–H and O–H groups in total. The lowest BCUT2D eigenvalue weighted by Crippen LogP contribution is -2.21. The van der Waals surface area contributed by atoms with Crippen molar-refractivity contribution in [3.63, 3.8) is 0 Å². The Morgan fingerprint density at radius 3 is 2.49 bits per heavy atom. The van der Waals surface area contributed by atoms with Crippen molar-refractivity contribution in [1.82, 2.24) is 9.78 Å². The molecule has 0 aliphatic carbocycles. The van der Waals surface area contributed by atoms with E-state index in [1.165, 1.54) is 23.5 Å². The van der Waals surface area contributed by atoms with E-state index in [9.17, 15) is 18.0 Å². The molecule has 5 nitrogen and oxygen atoms in total. The largest absolute Gasteiger partial charge is 0.462 e. The maximum absolute atomic E-state index is 13.2. The molecule has 0 aliphatic rings. The minimum absolute atomic E-state index is 0.150. The van der Waals surface area contributed by atoms with Crippen molar-refractivity contribution in [2.45, 2.75) is 59.4 Å². The number of esters is 1. The minimum Gasteiger partial charge on any atom is -0.462 e. The number of carbonyl (C=O) groups excluding carboxylic acids is 1. The molecule has 4 aromatic rings. The third-order valence-corrected chi connectivity index (χ3v) is 6.89. The van der Waals surface area contributed by atoms with Crippen LogP contribution in [0.25, 0.3) is 15.8 Å². The average molecular weight is 531 g/mol. The fraction of sp³-hybridized carbons (Fsp3) is 0.357. The van der Waals surface area contributed by atoms with Crippen molar-refractivity contribution in [3.8, 4) is 5.69 Å². The molecule has 0 aliphatic heterocycles. The summed E-state index contributed by atoms with van der Waals surface area (Å²) in [5, 5.41) is 5.63. The van der Waals surface area contributed by atoms with E-state index < -0.39 is 23.3 Å². The summed E-state index contributed by atoms with van der Waals surface area (Å²) >= 11 is 1.49. The van der Waals surface area contributed by atoms with Crippen molar-refractivity contribution in [3.05, 3.63) is 81.5 Å². The van der Waals surface area contributed by atoms with Gasteiger partial charge in [0.2, 0.25) is 0 Å². The second kappa shape index (κ2) is 10.3. The molecule has 0 saturated carbocycles. The molecule has 4 rings (SSSR count). The third-order valence-electron chi connectivity index (χ3n) is 5.71. The summed E-state index contributed by atoms with van der Waals surface area (Å²) in [7, 11) is 0. The second-order valence-corrected chi connectivity index (χ2v) is 10.9. The lowest BCUT2D eigenvalue weighted by Gasteiger charge is -2.20. The number of benzene rings is 2. The highest BCUT2D eigenvalue weighted by atomic mass is 32.1. The van der Waals surface area contributed by atoms with Crippen LogP contribution in [0.3, 0.4) is 0 Å². The van der Waals surface area contributed by atoms with Gasteiger partial charge < -0.3 is 9.47 Å². The zero-order chi connectivity index (χ0) is 27.0. The first-order valence-corrected chi connectivity index (χ1v) is 12.8. The van der Waals surface area contributed by atoms with Crippen LogP contribution in [-0.2, 0) is 28.7 Å². The van der Waals surface area contributed by atoms with Gasteiger partial charge in [0, 0.05) is 11.3 Å². The Bertz CT molecular complexity index is 1430. The van der Waals surface area contributed by atoms with Crippen molar-refractivity contribution in [2.75, 3.05) is 6.61 Å². The predicted molar refractivity (Wildman–Crippen MR) is 138 cm³/mol. The summed E-state index contributed by atoms with van der Waals surface area (Å²) in [5.74, 6) is -0.456. The van der Waals surface area contributed by atoms with E-state index in [1.54, 1.807) is 24.6 Å². The number of nitrogens with zero attached hydrogens (tertiary/aromatic N) is 2. The van der Waals surface area contributed by atoms with Crippen LogP contribution in [0.15, 0.2) is 48.5 Å². The summed E-state index contributed by atoms with van der Waals surface area (Å²) in [5.41, 5.74) is 1.75. The monoisotopic (exact) mass is 530 g/mol. The third kappa shape index (κ3) is 6.05. The molecule has 2 aromatic carbocycles. The second-order valence-electron chi connectivity index (χ2n) is 9.72. The lowest BCUT2D eigenvalue weighted by molar-refractivity contribution is -0.137. The van der Waals surface area contributed by atoms with Gasteiger partial charge in [0.15, 0.2) is 0 Å². The van der Waals surface area contributed by atoms with Crippen LogP contribution < -0.4 is 0 Å². The molecule has 9 heteroatoms. The first-order valence-electron chi connectivity index (χ1n) is 11.9. The number of alkyl halides is 3. The van der Waals surface area contributed by atoms with E-state index in [2.05, 4.69) is 5.10 Å². The minimum atomic E-state index is -4.39. The maximum atomic E-state index is 13.2. The standard InChI is InChI=1S/C28H29F3N2O3S/c1-6-35-26(34)24-17(2)32-33(23(24)16-36-27(3,4)5)22-12-8-10-19-15-21(37-25(19)22)14-18-9-7-11-20(13-18)28(29,30)31/h7-13,15H,6,14,16H2,1-5H3. The molecule has 196 valence electrons. The van der Waals surface area contributed by atoms with E-state index in [1.807, 2.05) is 45.0 Å². The Labute approximate surface area is 217 Å². The molecular weight excluding hydrogens is 501 g/mol. The van der Waals surface area contributed by atoms with Crippen LogP contribution in [0.5, 0.6) is 0 Å². The Morgan fingerprint density at radius 2 is 1.81 bits per heavy atom. The Hall–Kier alpha value is -3.17. The van der Waals surface area contributed by atoms with E-state index in [0.717, 1.165) is 26.7 Å². The first kappa shape index (κ1) is 26.9. The molecule has 0 saturated heterocycles. The van der Waals surface area contributed by atoms with Crippen LogP contribution in [-0.4, -0.2) is 28.0 Å². The number of ether oxygens (including phenoxy) is 2. The summed E-state index contributed by atoms with van der Waals surface area (Å²) in [6, 6.07) is 13.1. The number of thiophene rings is 1. The molecule has 2 aromatic heterocycles. The van der Waals surface area contributed by atoms with Gasteiger partial charge in [-0.2, -0.15) is 18.3 Å². The lowest BCUT2D eigenvalue weighted by atomic mass is 10.1. The molecule has 0 atom stereocenters. The molecule has 0 bridgehead atoms. The van der Waals surface area contributed by atoms with Gasteiger partial charge in [-0.25, -0.2) is 9.48 Å². The number of carbonyl (C=O) groups is 1. The van der Waals surface area contributed by atoms with Crippen LogP contribution in [0.1, 0.15) is 65.4 Å². The molecular formula is C28H29F3N2O3S. The fourth-order valence-electron chi connectivity index (χ4n) is 4.08. The number of hydrogen-bond donors (Lipinski definition) is 0. The molecule has 37 heavy (non-hydrogen) atoms. The van der Waals surface area contributed by atoms with E-state index in [-0.39, 0.29) is 13.2 Å². The molecule has 2 heterocycles. The highest BCUT2D eigenvalue weighted by molar-refractivity contribution is 7.19. The van der Waals surface area contributed by atoms with Crippen LogP contribution in [0.4, 0.5) is 13.2 Å². The van der Waals surface area contributed by atoms with Crippen molar-refractivity contribution < 1.29 is 27.4 Å². The highest BCUT2D eigenvalue weighted by Crippen LogP contribution is 2.35. The van der Waals surface area contributed by atoms with E-state index in [4.69, 9.17) is 9.47 Å². The van der Waals surface area contributed by atoms with Gasteiger partial charge in [-0.1, -0.05) is 30.3 Å². The quantitative estimate of drug-likeness (QED) is 0.232. The number of halogens is 3. The number of aromatic nitrogens is 2. The SMILES string of the molecule is CCOC(=O)c1c(C)nn(-c2cccc3cc(Cc4cccc(C(F)(F)F)c4)sc23)c1COC(C)(C)C. The summed E-state index contributed by atoms with van der Waals surface area (Å²) in [6.45, 7) is 9.71. The van der Waals surface area contributed by atoms with Gasteiger partial charge in [0.1, 0.15) is 5.56 Å². The molecule has 0 fully saturated rings. The van der Waals surface area contributed by atoms with Gasteiger partial charge in [-0.05, 0) is 63.8 Å². The number of aryl methyl sites for hydroxylation is 1. The Kier molecular flexibility index (Phi) is 7.48. The van der Waals surface area contributed by atoms with Gasteiger partial charge >= 0.3 is 12.1 Å².